The maximum Gasteiger partial charge on any atom is 0.133 e. The van der Waals surface area contributed by atoms with Crippen LogP contribution in [0.5, 0.6) is 0 Å². The molecule has 0 radical (unpaired) electrons. The molecule has 17 heavy (non-hydrogen) atoms. The molecule has 1 aliphatic rings. The average molecular weight is 253 g/mol. The molecule has 2 rings (SSSR count). The number of rotatable bonds is 3. The first-order valence-electron chi connectivity index (χ1n) is 6.61. The van der Waals surface area contributed by atoms with Gasteiger partial charge >= 0.3 is 0 Å². The van der Waals surface area contributed by atoms with Crippen LogP contribution in [-0.2, 0) is 6.54 Å². The van der Waals surface area contributed by atoms with E-state index in [1.54, 1.807) is 6.20 Å². The van der Waals surface area contributed by atoms with Gasteiger partial charge in [-0.2, -0.15) is 0 Å². The molecule has 1 aromatic rings. The van der Waals surface area contributed by atoms with E-state index in [4.69, 9.17) is 11.6 Å². The van der Waals surface area contributed by atoms with Gasteiger partial charge in [-0.25, -0.2) is 4.98 Å². The monoisotopic (exact) mass is 252 g/mol. The fourth-order valence-corrected chi connectivity index (χ4v) is 2.75. The van der Waals surface area contributed by atoms with Crippen molar-refractivity contribution in [3.8, 4) is 0 Å². The smallest absolute Gasteiger partial charge is 0.133 e. The molecule has 1 atom stereocenters. The second kappa shape index (κ2) is 6.36. The molecule has 0 bridgehead atoms. The third-order valence-electron chi connectivity index (χ3n) is 3.75. The largest absolute Gasteiger partial charge is 0.299 e. The fourth-order valence-electron chi connectivity index (χ4n) is 2.57. The predicted octanol–water partition coefficient (Wildman–Crippen LogP) is 3.75. The molecular weight excluding hydrogens is 232 g/mol. The van der Waals surface area contributed by atoms with Gasteiger partial charge in [0.2, 0.25) is 0 Å². The van der Waals surface area contributed by atoms with Gasteiger partial charge in [-0.1, -0.05) is 31.0 Å². The van der Waals surface area contributed by atoms with Gasteiger partial charge in [0, 0.05) is 18.3 Å². The van der Waals surface area contributed by atoms with Crippen molar-refractivity contribution in [2.75, 3.05) is 13.1 Å². The predicted molar refractivity (Wildman–Crippen MR) is 72.2 cm³/mol. The lowest BCUT2D eigenvalue weighted by Gasteiger charge is -2.20. The molecule has 1 fully saturated rings. The average Bonchev–Trinajstić information content (AvgIpc) is 2.57. The van der Waals surface area contributed by atoms with Crippen molar-refractivity contribution >= 4 is 11.6 Å². The summed E-state index contributed by atoms with van der Waals surface area (Å²) in [5.41, 5.74) is 1.16. The summed E-state index contributed by atoms with van der Waals surface area (Å²) in [4.78, 5) is 6.65. The highest BCUT2D eigenvalue weighted by molar-refractivity contribution is 6.30. The molecule has 1 unspecified atom stereocenters. The summed E-state index contributed by atoms with van der Waals surface area (Å²) in [5, 5.41) is 0.656. The highest BCUT2D eigenvalue weighted by atomic mass is 35.5. The Hall–Kier alpha value is -0.600. The van der Waals surface area contributed by atoms with Gasteiger partial charge in [0.1, 0.15) is 5.15 Å². The van der Waals surface area contributed by atoms with Crippen LogP contribution in [0.15, 0.2) is 18.3 Å². The summed E-state index contributed by atoms with van der Waals surface area (Å²) in [6.07, 6.45) is 7.10. The van der Waals surface area contributed by atoms with Gasteiger partial charge in [-0.15, -0.1) is 0 Å². The fraction of sp³-hybridized carbons (Fsp3) is 0.643. The van der Waals surface area contributed by atoms with Crippen LogP contribution in [0, 0.1) is 5.92 Å². The lowest BCUT2D eigenvalue weighted by Crippen LogP contribution is -2.24. The summed E-state index contributed by atoms with van der Waals surface area (Å²) in [6.45, 7) is 5.65. The summed E-state index contributed by atoms with van der Waals surface area (Å²) >= 11 is 6.10. The van der Waals surface area contributed by atoms with Crippen LogP contribution < -0.4 is 0 Å². The van der Waals surface area contributed by atoms with Crippen LogP contribution in [0.1, 0.15) is 38.2 Å². The summed E-state index contributed by atoms with van der Waals surface area (Å²) in [7, 11) is 0. The second-order valence-corrected chi connectivity index (χ2v) is 5.29. The van der Waals surface area contributed by atoms with Crippen molar-refractivity contribution in [2.24, 2.45) is 5.92 Å². The topological polar surface area (TPSA) is 16.1 Å². The van der Waals surface area contributed by atoms with E-state index in [0.29, 0.717) is 5.15 Å². The Morgan fingerprint density at radius 3 is 3.06 bits per heavy atom. The van der Waals surface area contributed by atoms with Crippen molar-refractivity contribution in [3.63, 3.8) is 0 Å². The Kier molecular flexibility index (Phi) is 4.81. The minimum atomic E-state index is 0.656. The Labute approximate surface area is 109 Å². The van der Waals surface area contributed by atoms with E-state index >= 15 is 0 Å². The summed E-state index contributed by atoms with van der Waals surface area (Å²) in [6, 6.07) is 4.05. The Morgan fingerprint density at radius 1 is 1.41 bits per heavy atom. The molecule has 3 heteroatoms. The zero-order valence-electron chi connectivity index (χ0n) is 10.5. The van der Waals surface area contributed by atoms with Crippen LogP contribution in [0.4, 0.5) is 0 Å². The molecule has 1 aromatic heterocycles. The molecule has 1 saturated heterocycles. The van der Waals surface area contributed by atoms with Gasteiger partial charge in [0.25, 0.3) is 0 Å². The van der Waals surface area contributed by atoms with Gasteiger partial charge < -0.3 is 0 Å². The van der Waals surface area contributed by atoms with E-state index in [1.807, 2.05) is 6.07 Å². The van der Waals surface area contributed by atoms with Gasteiger partial charge in [-0.05, 0) is 44.3 Å². The van der Waals surface area contributed by atoms with E-state index in [-0.39, 0.29) is 0 Å². The summed E-state index contributed by atoms with van der Waals surface area (Å²) in [5.74, 6) is 0.921. The van der Waals surface area contributed by atoms with Gasteiger partial charge in [0.15, 0.2) is 0 Å². The van der Waals surface area contributed by atoms with E-state index in [0.717, 1.165) is 18.0 Å². The molecule has 0 aliphatic carbocycles. The standard InChI is InChI=1S/C14H21ClN2/c1-2-12-5-4-9-17(10-7-12)11-13-6-3-8-16-14(13)15/h3,6,8,12H,2,4-5,7,9-11H2,1H3. The van der Waals surface area contributed by atoms with Crippen molar-refractivity contribution in [3.05, 3.63) is 29.0 Å². The number of pyridine rings is 1. The summed E-state index contributed by atoms with van der Waals surface area (Å²) < 4.78 is 0. The van der Waals surface area contributed by atoms with E-state index in [1.165, 1.54) is 38.8 Å². The first kappa shape index (κ1) is 12.8. The first-order chi connectivity index (χ1) is 8.29. The Morgan fingerprint density at radius 2 is 2.29 bits per heavy atom. The molecule has 2 nitrogen and oxygen atoms in total. The van der Waals surface area contributed by atoms with Crippen LogP contribution in [0.25, 0.3) is 0 Å². The van der Waals surface area contributed by atoms with Crippen LogP contribution >= 0.6 is 11.6 Å². The van der Waals surface area contributed by atoms with Crippen molar-refractivity contribution in [1.82, 2.24) is 9.88 Å². The number of likely N-dealkylation sites (tertiary alicyclic amines) is 1. The molecule has 0 aromatic carbocycles. The number of aromatic nitrogens is 1. The number of nitrogens with zero attached hydrogens (tertiary/aromatic N) is 2. The highest BCUT2D eigenvalue weighted by Crippen LogP contribution is 2.22. The molecule has 2 heterocycles. The van der Waals surface area contributed by atoms with Crippen molar-refractivity contribution < 1.29 is 0 Å². The van der Waals surface area contributed by atoms with E-state index in [2.05, 4.69) is 22.9 Å². The van der Waals surface area contributed by atoms with Crippen LogP contribution in [0.2, 0.25) is 5.15 Å². The van der Waals surface area contributed by atoms with Gasteiger partial charge in [0.05, 0.1) is 0 Å². The lowest BCUT2D eigenvalue weighted by molar-refractivity contribution is 0.272. The Bertz CT molecular complexity index is 354. The second-order valence-electron chi connectivity index (χ2n) is 4.93. The first-order valence-corrected chi connectivity index (χ1v) is 6.99. The maximum absolute atomic E-state index is 6.10. The van der Waals surface area contributed by atoms with Gasteiger partial charge in [-0.3, -0.25) is 4.90 Å². The van der Waals surface area contributed by atoms with E-state index in [9.17, 15) is 0 Å². The molecule has 94 valence electrons. The SMILES string of the molecule is CCC1CCCN(Cc2cccnc2Cl)CC1. The Balaban J connectivity index is 1.93. The van der Waals surface area contributed by atoms with Crippen LogP contribution in [0.3, 0.4) is 0 Å². The van der Waals surface area contributed by atoms with Crippen LogP contribution in [-0.4, -0.2) is 23.0 Å². The molecule has 0 amide bonds. The molecule has 0 saturated carbocycles. The molecule has 1 aliphatic heterocycles. The zero-order valence-corrected chi connectivity index (χ0v) is 11.3. The molecule has 0 N–H and O–H groups in total. The third kappa shape index (κ3) is 3.68. The number of halogens is 1. The third-order valence-corrected chi connectivity index (χ3v) is 4.09. The van der Waals surface area contributed by atoms with Crippen molar-refractivity contribution in [2.45, 2.75) is 39.2 Å². The minimum absolute atomic E-state index is 0.656. The lowest BCUT2D eigenvalue weighted by atomic mass is 9.98. The quantitative estimate of drug-likeness (QED) is 0.762. The molecular formula is C14H21ClN2. The highest BCUT2D eigenvalue weighted by Gasteiger charge is 2.16. The van der Waals surface area contributed by atoms with E-state index < -0.39 is 0 Å². The number of hydrogen-bond acceptors (Lipinski definition) is 2. The minimum Gasteiger partial charge on any atom is -0.299 e. The zero-order chi connectivity index (χ0) is 12.1. The number of hydrogen-bond donors (Lipinski definition) is 0. The maximum atomic E-state index is 6.10. The van der Waals surface area contributed by atoms with Crippen molar-refractivity contribution in [1.29, 1.82) is 0 Å². The normalized spacial score (nSPS) is 22.4. The molecule has 0 spiro atoms.